The molecule has 0 amide bonds. The highest BCUT2D eigenvalue weighted by atomic mass is 19.1. The molecular weight excluding hydrogens is 217 g/mol. The Hall–Kier alpha value is -1.42. The maximum absolute atomic E-state index is 13.3. The van der Waals surface area contributed by atoms with Crippen molar-refractivity contribution < 1.29 is 4.39 Å². The van der Waals surface area contributed by atoms with Gasteiger partial charge in [-0.05, 0) is 44.9 Å². The standard InChI is InChI=1S/C13H16FN3/c1-13(2,15)12-16-10-6-3-8(14)7-11(10)17(12)9-4-5-9/h3,6-7,9H,4-5,15H2,1-2H3. The number of nitrogens with zero attached hydrogens (tertiary/aromatic N) is 2. The van der Waals surface area contributed by atoms with Gasteiger partial charge in [-0.2, -0.15) is 0 Å². The molecule has 0 radical (unpaired) electrons. The normalized spacial score (nSPS) is 16.7. The summed E-state index contributed by atoms with van der Waals surface area (Å²) in [7, 11) is 0. The fourth-order valence-electron chi connectivity index (χ4n) is 2.22. The summed E-state index contributed by atoms with van der Waals surface area (Å²) < 4.78 is 15.4. The van der Waals surface area contributed by atoms with Crippen LogP contribution >= 0.6 is 0 Å². The summed E-state index contributed by atoms with van der Waals surface area (Å²) in [6, 6.07) is 5.16. The molecule has 1 fully saturated rings. The average molecular weight is 233 g/mol. The van der Waals surface area contributed by atoms with Gasteiger partial charge in [-0.15, -0.1) is 0 Å². The molecule has 1 aromatic heterocycles. The van der Waals surface area contributed by atoms with E-state index >= 15 is 0 Å². The number of aromatic nitrogens is 2. The lowest BCUT2D eigenvalue weighted by molar-refractivity contribution is 0.482. The van der Waals surface area contributed by atoms with E-state index in [1.165, 1.54) is 6.07 Å². The van der Waals surface area contributed by atoms with Crippen molar-refractivity contribution >= 4 is 11.0 Å². The first-order valence-electron chi connectivity index (χ1n) is 5.93. The van der Waals surface area contributed by atoms with Gasteiger partial charge in [-0.3, -0.25) is 0 Å². The molecule has 3 nitrogen and oxygen atoms in total. The number of hydrogen-bond donors (Lipinski definition) is 1. The number of rotatable bonds is 2. The van der Waals surface area contributed by atoms with E-state index in [9.17, 15) is 4.39 Å². The quantitative estimate of drug-likeness (QED) is 0.866. The molecule has 1 aliphatic carbocycles. The molecule has 1 heterocycles. The van der Waals surface area contributed by atoms with Crippen LogP contribution in [0.2, 0.25) is 0 Å². The third-order valence-electron chi connectivity index (χ3n) is 3.14. The van der Waals surface area contributed by atoms with Crippen molar-refractivity contribution in [2.75, 3.05) is 0 Å². The molecule has 0 saturated heterocycles. The van der Waals surface area contributed by atoms with Crippen LogP contribution in [0, 0.1) is 5.82 Å². The Morgan fingerprint density at radius 2 is 2.12 bits per heavy atom. The number of nitrogens with two attached hydrogens (primary N) is 1. The lowest BCUT2D eigenvalue weighted by Gasteiger charge is -2.20. The Bertz CT molecular complexity index is 576. The SMILES string of the molecule is CC(C)(N)c1nc2ccc(F)cc2n1C1CC1. The topological polar surface area (TPSA) is 43.8 Å². The number of fused-ring (bicyclic) bond motifs is 1. The predicted molar refractivity (Wildman–Crippen MR) is 65.2 cm³/mol. The molecule has 0 unspecified atom stereocenters. The molecule has 0 spiro atoms. The zero-order valence-electron chi connectivity index (χ0n) is 10.1. The summed E-state index contributed by atoms with van der Waals surface area (Å²) >= 11 is 0. The van der Waals surface area contributed by atoms with Gasteiger partial charge < -0.3 is 10.3 Å². The summed E-state index contributed by atoms with van der Waals surface area (Å²) in [4.78, 5) is 4.56. The van der Waals surface area contributed by atoms with Gasteiger partial charge >= 0.3 is 0 Å². The summed E-state index contributed by atoms with van der Waals surface area (Å²) in [6.07, 6.45) is 2.26. The zero-order valence-corrected chi connectivity index (χ0v) is 10.1. The Morgan fingerprint density at radius 1 is 1.41 bits per heavy atom. The van der Waals surface area contributed by atoms with Gasteiger partial charge in [0.15, 0.2) is 0 Å². The van der Waals surface area contributed by atoms with Crippen LogP contribution in [0.3, 0.4) is 0 Å². The second-order valence-electron chi connectivity index (χ2n) is 5.39. The van der Waals surface area contributed by atoms with Crippen molar-refractivity contribution in [1.29, 1.82) is 0 Å². The van der Waals surface area contributed by atoms with Crippen LogP contribution in [0.15, 0.2) is 18.2 Å². The van der Waals surface area contributed by atoms with Crippen LogP contribution < -0.4 is 5.73 Å². The molecular formula is C13H16FN3. The molecule has 0 bridgehead atoms. The van der Waals surface area contributed by atoms with Crippen molar-refractivity contribution in [3.8, 4) is 0 Å². The molecule has 1 aromatic carbocycles. The van der Waals surface area contributed by atoms with Crippen LogP contribution in [0.25, 0.3) is 11.0 Å². The Labute approximate surface area is 99.4 Å². The summed E-state index contributed by atoms with van der Waals surface area (Å²) in [5, 5.41) is 0. The van der Waals surface area contributed by atoms with Gasteiger partial charge in [-0.1, -0.05) is 0 Å². The van der Waals surface area contributed by atoms with Crippen molar-refractivity contribution in [2.45, 2.75) is 38.3 Å². The largest absolute Gasteiger partial charge is 0.323 e. The summed E-state index contributed by atoms with van der Waals surface area (Å²) in [5.74, 6) is 0.626. The highest BCUT2D eigenvalue weighted by molar-refractivity contribution is 5.76. The van der Waals surface area contributed by atoms with Crippen LogP contribution in [0.5, 0.6) is 0 Å². The van der Waals surface area contributed by atoms with Crippen molar-refractivity contribution in [2.24, 2.45) is 5.73 Å². The fraction of sp³-hybridized carbons (Fsp3) is 0.462. The number of hydrogen-bond acceptors (Lipinski definition) is 2. The highest BCUT2D eigenvalue weighted by Gasteiger charge is 2.32. The van der Waals surface area contributed by atoms with E-state index in [-0.39, 0.29) is 5.82 Å². The molecule has 0 atom stereocenters. The first-order valence-corrected chi connectivity index (χ1v) is 5.93. The van der Waals surface area contributed by atoms with Crippen molar-refractivity contribution in [1.82, 2.24) is 9.55 Å². The van der Waals surface area contributed by atoms with Gasteiger partial charge in [0.1, 0.15) is 11.6 Å². The first kappa shape index (κ1) is 10.7. The maximum atomic E-state index is 13.3. The average Bonchev–Trinajstić information content (AvgIpc) is 2.98. The van der Waals surface area contributed by atoms with E-state index in [1.54, 1.807) is 12.1 Å². The lowest BCUT2D eigenvalue weighted by Crippen LogP contribution is -2.32. The molecule has 3 rings (SSSR count). The Kier molecular flexibility index (Phi) is 2.08. The van der Waals surface area contributed by atoms with E-state index in [4.69, 9.17) is 5.73 Å². The zero-order chi connectivity index (χ0) is 12.2. The van der Waals surface area contributed by atoms with E-state index < -0.39 is 5.54 Å². The van der Waals surface area contributed by atoms with Gasteiger partial charge in [-0.25, -0.2) is 9.37 Å². The van der Waals surface area contributed by atoms with Crippen LogP contribution in [0.1, 0.15) is 38.6 Å². The van der Waals surface area contributed by atoms with E-state index in [2.05, 4.69) is 9.55 Å². The molecule has 2 aromatic rings. The third-order valence-corrected chi connectivity index (χ3v) is 3.14. The minimum atomic E-state index is -0.502. The first-order chi connectivity index (χ1) is 7.97. The summed E-state index contributed by atoms with van der Waals surface area (Å²) in [5.41, 5.74) is 7.33. The number of imidazole rings is 1. The molecule has 90 valence electrons. The van der Waals surface area contributed by atoms with Gasteiger partial charge in [0.25, 0.3) is 0 Å². The molecule has 2 N–H and O–H groups in total. The smallest absolute Gasteiger partial charge is 0.129 e. The van der Waals surface area contributed by atoms with Gasteiger partial charge in [0.2, 0.25) is 0 Å². The number of halogens is 1. The molecule has 4 heteroatoms. The Morgan fingerprint density at radius 3 is 2.71 bits per heavy atom. The van der Waals surface area contributed by atoms with Gasteiger partial charge in [0.05, 0.1) is 16.6 Å². The minimum Gasteiger partial charge on any atom is -0.323 e. The fourth-order valence-corrected chi connectivity index (χ4v) is 2.22. The van der Waals surface area contributed by atoms with Crippen LogP contribution in [-0.2, 0) is 5.54 Å². The van der Waals surface area contributed by atoms with Crippen molar-refractivity contribution in [3.05, 3.63) is 29.8 Å². The molecule has 1 aliphatic rings. The van der Waals surface area contributed by atoms with E-state index in [0.717, 1.165) is 29.7 Å². The predicted octanol–water partition coefficient (Wildman–Crippen LogP) is 2.70. The van der Waals surface area contributed by atoms with Crippen LogP contribution in [0.4, 0.5) is 4.39 Å². The highest BCUT2D eigenvalue weighted by Crippen LogP contribution is 2.40. The second kappa shape index (κ2) is 3.29. The second-order valence-corrected chi connectivity index (χ2v) is 5.39. The molecule has 0 aliphatic heterocycles. The maximum Gasteiger partial charge on any atom is 0.129 e. The molecule has 17 heavy (non-hydrogen) atoms. The Balaban J connectivity index is 2.31. The van der Waals surface area contributed by atoms with Crippen molar-refractivity contribution in [3.63, 3.8) is 0 Å². The van der Waals surface area contributed by atoms with Crippen LogP contribution in [-0.4, -0.2) is 9.55 Å². The van der Waals surface area contributed by atoms with E-state index in [1.807, 2.05) is 13.8 Å². The lowest BCUT2D eigenvalue weighted by atomic mass is 10.1. The van der Waals surface area contributed by atoms with Gasteiger partial charge in [0, 0.05) is 6.04 Å². The number of benzene rings is 1. The summed E-state index contributed by atoms with van der Waals surface area (Å²) in [6.45, 7) is 3.87. The van der Waals surface area contributed by atoms with E-state index in [0.29, 0.717) is 6.04 Å². The molecule has 1 saturated carbocycles. The third kappa shape index (κ3) is 1.72. The monoisotopic (exact) mass is 233 g/mol. The minimum absolute atomic E-state index is 0.222.